The van der Waals surface area contributed by atoms with Gasteiger partial charge in [0, 0.05) is 17.8 Å². The quantitative estimate of drug-likeness (QED) is 0.810. The van der Waals surface area contributed by atoms with Crippen molar-refractivity contribution >= 4 is 11.9 Å². The van der Waals surface area contributed by atoms with Crippen LogP contribution in [0.3, 0.4) is 0 Å². The first-order valence-corrected chi connectivity index (χ1v) is 5.83. The molecule has 0 radical (unpaired) electrons. The van der Waals surface area contributed by atoms with Crippen LogP contribution in [0.1, 0.15) is 31.1 Å². The zero-order chi connectivity index (χ0) is 14.6. The van der Waals surface area contributed by atoms with Gasteiger partial charge in [-0.15, -0.1) is 0 Å². The summed E-state index contributed by atoms with van der Waals surface area (Å²) in [6, 6.07) is 2.60. The predicted octanol–water partition coefficient (Wildman–Crippen LogP) is 0.550. The number of esters is 1. The van der Waals surface area contributed by atoms with E-state index in [2.05, 4.69) is 10.1 Å². The first kappa shape index (κ1) is 14.9. The fourth-order valence-electron chi connectivity index (χ4n) is 1.51. The van der Waals surface area contributed by atoms with Gasteiger partial charge < -0.3 is 14.6 Å². The molecule has 1 N–H and O–H groups in total. The maximum absolute atomic E-state index is 11.7. The molecule has 1 rings (SSSR count). The summed E-state index contributed by atoms with van der Waals surface area (Å²) in [5.41, 5.74) is -0.497. The summed E-state index contributed by atoms with van der Waals surface area (Å²) >= 11 is 0. The number of amides is 1. The Balaban J connectivity index is 2.92. The monoisotopic (exact) mass is 266 g/mol. The van der Waals surface area contributed by atoms with E-state index in [1.165, 1.54) is 30.0 Å². The van der Waals surface area contributed by atoms with Crippen LogP contribution in [0.25, 0.3) is 0 Å². The lowest BCUT2D eigenvalue weighted by molar-refractivity contribution is -0.123. The Hall–Kier alpha value is -2.11. The molecule has 6 heteroatoms. The zero-order valence-corrected chi connectivity index (χ0v) is 11.5. The molecule has 0 fully saturated rings. The molecule has 1 aromatic rings. The van der Waals surface area contributed by atoms with Gasteiger partial charge in [-0.2, -0.15) is 0 Å². The van der Waals surface area contributed by atoms with Crippen LogP contribution in [0.2, 0.25) is 0 Å². The van der Waals surface area contributed by atoms with E-state index in [0.29, 0.717) is 0 Å². The lowest BCUT2D eigenvalue weighted by Crippen LogP contribution is -2.43. The van der Waals surface area contributed by atoms with Crippen molar-refractivity contribution in [2.45, 2.75) is 32.9 Å². The van der Waals surface area contributed by atoms with Crippen molar-refractivity contribution in [2.75, 3.05) is 7.11 Å². The van der Waals surface area contributed by atoms with E-state index in [-0.39, 0.29) is 29.1 Å². The summed E-state index contributed by atoms with van der Waals surface area (Å²) in [5, 5.41) is 2.74. The molecule has 19 heavy (non-hydrogen) atoms. The number of hydrogen-bond acceptors (Lipinski definition) is 4. The van der Waals surface area contributed by atoms with Crippen LogP contribution in [-0.4, -0.2) is 29.1 Å². The van der Waals surface area contributed by atoms with Crippen LogP contribution >= 0.6 is 0 Å². The summed E-state index contributed by atoms with van der Waals surface area (Å²) in [6.45, 7) is 5.40. The van der Waals surface area contributed by atoms with E-state index in [4.69, 9.17) is 0 Å². The van der Waals surface area contributed by atoms with E-state index in [1.807, 2.05) is 20.8 Å². The third-order valence-corrected chi connectivity index (χ3v) is 2.23. The molecule has 0 aliphatic rings. The summed E-state index contributed by atoms with van der Waals surface area (Å²) in [4.78, 5) is 34.7. The smallest absolute Gasteiger partial charge is 0.339 e. The second-order valence-corrected chi connectivity index (χ2v) is 5.17. The van der Waals surface area contributed by atoms with E-state index < -0.39 is 5.97 Å². The summed E-state index contributed by atoms with van der Waals surface area (Å²) in [6.07, 6.45) is 1.32. The molecule has 6 nitrogen and oxygen atoms in total. The Bertz CT molecular complexity index is 540. The van der Waals surface area contributed by atoms with Crippen LogP contribution in [-0.2, 0) is 16.1 Å². The van der Waals surface area contributed by atoms with Crippen molar-refractivity contribution in [1.82, 2.24) is 9.88 Å². The number of nitrogens with one attached hydrogen (secondary N) is 1. The summed E-state index contributed by atoms with van der Waals surface area (Å²) < 4.78 is 5.74. The molecule has 1 heterocycles. The molecule has 1 amide bonds. The standard InChI is InChI=1S/C13H18N2O4/c1-13(2,3)14-10(16)8-15-7-9(12(18)19-4)5-6-11(15)17/h5-7H,8H2,1-4H3,(H,14,16). The number of carbonyl (C=O) groups excluding carboxylic acids is 2. The molecule has 0 atom stereocenters. The minimum atomic E-state index is -0.551. The SMILES string of the molecule is COC(=O)c1ccc(=O)n(CC(=O)NC(C)(C)C)c1. The minimum Gasteiger partial charge on any atom is -0.465 e. The molecule has 0 aliphatic heterocycles. The average Bonchev–Trinajstić information content (AvgIpc) is 2.28. The molecule has 0 saturated heterocycles. The number of ether oxygens (including phenoxy) is 1. The Morgan fingerprint density at radius 3 is 2.47 bits per heavy atom. The van der Waals surface area contributed by atoms with Gasteiger partial charge in [0.2, 0.25) is 5.91 Å². The van der Waals surface area contributed by atoms with E-state index >= 15 is 0 Å². The number of nitrogens with zero attached hydrogens (tertiary/aromatic N) is 1. The van der Waals surface area contributed by atoms with Gasteiger partial charge >= 0.3 is 5.97 Å². The lowest BCUT2D eigenvalue weighted by atomic mass is 10.1. The van der Waals surface area contributed by atoms with Crippen molar-refractivity contribution in [3.05, 3.63) is 34.2 Å². The Morgan fingerprint density at radius 1 is 1.32 bits per heavy atom. The van der Waals surface area contributed by atoms with Crippen molar-refractivity contribution in [3.8, 4) is 0 Å². The summed E-state index contributed by atoms with van der Waals surface area (Å²) in [5.74, 6) is -0.846. The normalized spacial score (nSPS) is 10.9. The number of rotatable bonds is 3. The molecular formula is C13H18N2O4. The molecule has 0 spiro atoms. The van der Waals surface area contributed by atoms with Crippen LogP contribution < -0.4 is 10.9 Å². The maximum Gasteiger partial charge on any atom is 0.339 e. The van der Waals surface area contributed by atoms with Crippen LogP contribution in [0.4, 0.5) is 0 Å². The van der Waals surface area contributed by atoms with Crippen molar-refractivity contribution in [2.24, 2.45) is 0 Å². The maximum atomic E-state index is 11.7. The lowest BCUT2D eigenvalue weighted by Gasteiger charge is -2.20. The van der Waals surface area contributed by atoms with E-state index in [0.717, 1.165) is 0 Å². The highest BCUT2D eigenvalue weighted by molar-refractivity contribution is 5.89. The fourth-order valence-corrected chi connectivity index (χ4v) is 1.51. The second-order valence-electron chi connectivity index (χ2n) is 5.17. The number of aromatic nitrogens is 1. The van der Waals surface area contributed by atoms with Crippen LogP contribution in [0.15, 0.2) is 23.1 Å². The van der Waals surface area contributed by atoms with Gasteiger partial charge in [0.05, 0.1) is 12.7 Å². The van der Waals surface area contributed by atoms with Gasteiger partial charge in [-0.1, -0.05) is 0 Å². The Labute approximate surface area is 111 Å². The molecule has 0 aromatic carbocycles. The minimum absolute atomic E-state index is 0.138. The Morgan fingerprint density at radius 2 is 1.95 bits per heavy atom. The number of pyridine rings is 1. The number of carbonyl (C=O) groups is 2. The average molecular weight is 266 g/mol. The van der Waals surface area contributed by atoms with Crippen molar-refractivity contribution < 1.29 is 14.3 Å². The molecular weight excluding hydrogens is 248 g/mol. The van der Waals surface area contributed by atoms with E-state index in [1.54, 1.807) is 0 Å². The molecule has 0 aliphatic carbocycles. The van der Waals surface area contributed by atoms with Gasteiger partial charge in [0.1, 0.15) is 6.54 Å². The van der Waals surface area contributed by atoms with Crippen molar-refractivity contribution in [3.63, 3.8) is 0 Å². The highest BCUT2D eigenvalue weighted by Crippen LogP contribution is 2.00. The highest BCUT2D eigenvalue weighted by atomic mass is 16.5. The molecule has 0 saturated carbocycles. The highest BCUT2D eigenvalue weighted by Gasteiger charge is 2.15. The van der Waals surface area contributed by atoms with Gasteiger partial charge in [0.25, 0.3) is 5.56 Å². The topological polar surface area (TPSA) is 77.4 Å². The van der Waals surface area contributed by atoms with Crippen LogP contribution in [0, 0.1) is 0 Å². The van der Waals surface area contributed by atoms with Crippen LogP contribution in [0.5, 0.6) is 0 Å². The zero-order valence-electron chi connectivity index (χ0n) is 11.5. The second kappa shape index (κ2) is 5.69. The van der Waals surface area contributed by atoms with Gasteiger partial charge in [0.15, 0.2) is 0 Å². The number of hydrogen-bond donors (Lipinski definition) is 1. The number of methoxy groups -OCH3 is 1. The first-order valence-electron chi connectivity index (χ1n) is 5.83. The van der Waals surface area contributed by atoms with Crippen molar-refractivity contribution in [1.29, 1.82) is 0 Å². The van der Waals surface area contributed by atoms with Gasteiger partial charge in [-0.3, -0.25) is 9.59 Å². The first-order chi connectivity index (χ1) is 8.73. The molecule has 0 unspecified atom stereocenters. The fraction of sp³-hybridized carbons (Fsp3) is 0.462. The van der Waals surface area contributed by atoms with Gasteiger partial charge in [-0.25, -0.2) is 4.79 Å². The third-order valence-electron chi connectivity index (χ3n) is 2.23. The van der Waals surface area contributed by atoms with E-state index in [9.17, 15) is 14.4 Å². The predicted molar refractivity (Wildman–Crippen MR) is 69.9 cm³/mol. The Kier molecular flexibility index (Phi) is 4.47. The largest absolute Gasteiger partial charge is 0.465 e. The van der Waals surface area contributed by atoms with Gasteiger partial charge in [-0.05, 0) is 26.8 Å². The molecule has 1 aromatic heterocycles. The third kappa shape index (κ3) is 4.57. The molecule has 0 bridgehead atoms. The molecule has 104 valence electrons. The summed E-state index contributed by atoms with van der Waals surface area (Å²) in [7, 11) is 1.25.